The second-order valence-electron chi connectivity index (χ2n) is 4.43. The third-order valence-corrected chi connectivity index (χ3v) is 2.92. The Kier molecular flexibility index (Phi) is 6.01. The molecular weight excluding hydrogens is 252 g/mol. The number of halogens is 1. The van der Waals surface area contributed by atoms with E-state index in [1.54, 1.807) is 12.1 Å². The molecule has 0 aromatic carbocycles. The Morgan fingerprint density at radius 1 is 1.44 bits per heavy atom. The highest BCUT2D eigenvalue weighted by molar-refractivity contribution is 6.29. The molecule has 6 heteroatoms. The second-order valence-corrected chi connectivity index (χ2v) is 4.81. The normalized spacial score (nSPS) is 11.0. The third-order valence-electron chi connectivity index (χ3n) is 2.72. The zero-order valence-corrected chi connectivity index (χ0v) is 11.7. The topological polar surface area (TPSA) is 58.1 Å². The highest BCUT2D eigenvalue weighted by atomic mass is 35.5. The first kappa shape index (κ1) is 14.9. The van der Waals surface area contributed by atoms with Gasteiger partial charge >= 0.3 is 0 Å². The van der Waals surface area contributed by atoms with Gasteiger partial charge in [-0.15, -0.1) is 10.2 Å². The Balaban J connectivity index is 2.27. The molecule has 1 aromatic heterocycles. The van der Waals surface area contributed by atoms with E-state index in [0.29, 0.717) is 12.6 Å². The second kappa shape index (κ2) is 7.28. The van der Waals surface area contributed by atoms with Crippen LogP contribution in [-0.2, 0) is 0 Å². The first-order valence-corrected chi connectivity index (χ1v) is 6.36. The molecule has 0 unspecified atom stereocenters. The molecule has 0 aliphatic carbocycles. The van der Waals surface area contributed by atoms with Gasteiger partial charge in [-0.05, 0) is 46.0 Å². The molecule has 1 heterocycles. The van der Waals surface area contributed by atoms with Gasteiger partial charge in [0.1, 0.15) is 0 Å². The summed E-state index contributed by atoms with van der Waals surface area (Å²) in [6.07, 6.45) is 0.904. The minimum Gasteiger partial charge on any atom is -0.351 e. The molecule has 0 saturated carbocycles. The molecular formula is C12H19ClN4O. The van der Waals surface area contributed by atoms with Crippen molar-refractivity contribution in [1.82, 2.24) is 20.4 Å². The summed E-state index contributed by atoms with van der Waals surface area (Å²) in [7, 11) is 2.07. The number of hydrogen-bond acceptors (Lipinski definition) is 4. The number of nitrogens with one attached hydrogen (secondary N) is 1. The molecule has 0 radical (unpaired) electrons. The van der Waals surface area contributed by atoms with Gasteiger partial charge < -0.3 is 10.2 Å². The molecule has 0 saturated heterocycles. The van der Waals surface area contributed by atoms with Crippen LogP contribution in [-0.4, -0.2) is 47.2 Å². The molecule has 0 aliphatic heterocycles. The van der Waals surface area contributed by atoms with Crippen molar-refractivity contribution in [2.75, 3.05) is 20.1 Å². The average Bonchev–Trinajstić information content (AvgIpc) is 2.34. The predicted molar refractivity (Wildman–Crippen MR) is 71.8 cm³/mol. The smallest absolute Gasteiger partial charge is 0.271 e. The first-order chi connectivity index (χ1) is 8.50. The van der Waals surface area contributed by atoms with E-state index in [0.717, 1.165) is 13.0 Å². The van der Waals surface area contributed by atoms with Gasteiger partial charge in [0.2, 0.25) is 0 Å². The lowest BCUT2D eigenvalue weighted by Gasteiger charge is -2.20. The largest absolute Gasteiger partial charge is 0.351 e. The third kappa shape index (κ3) is 4.98. The molecule has 1 N–H and O–H groups in total. The predicted octanol–water partition coefficient (Wildman–Crippen LogP) is 1.59. The van der Waals surface area contributed by atoms with Crippen LogP contribution < -0.4 is 5.32 Å². The molecule has 1 amide bonds. The Labute approximate surface area is 113 Å². The van der Waals surface area contributed by atoms with Crippen molar-refractivity contribution in [2.24, 2.45) is 0 Å². The van der Waals surface area contributed by atoms with Crippen LogP contribution in [0.25, 0.3) is 0 Å². The SMILES string of the molecule is CC(C)N(C)CCCNC(=O)c1ccc(Cl)nn1. The van der Waals surface area contributed by atoms with Crippen molar-refractivity contribution >= 4 is 17.5 Å². The van der Waals surface area contributed by atoms with E-state index in [1.807, 2.05) is 0 Å². The van der Waals surface area contributed by atoms with Crippen molar-refractivity contribution < 1.29 is 4.79 Å². The molecule has 1 rings (SSSR count). The summed E-state index contributed by atoms with van der Waals surface area (Å²) in [4.78, 5) is 13.9. The quantitative estimate of drug-likeness (QED) is 0.798. The monoisotopic (exact) mass is 270 g/mol. The lowest BCUT2D eigenvalue weighted by Crippen LogP contribution is -2.31. The van der Waals surface area contributed by atoms with Crippen LogP contribution in [0.5, 0.6) is 0 Å². The zero-order valence-electron chi connectivity index (χ0n) is 11.0. The van der Waals surface area contributed by atoms with Gasteiger partial charge in [-0.1, -0.05) is 11.6 Å². The summed E-state index contributed by atoms with van der Waals surface area (Å²) in [5.74, 6) is -0.216. The Morgan fingerprint density at radius 2 is 2.17 bits per heavy atom. The van der Waals surface area contributed by atoms with E-state index in [9.17, 15) is 4.79 Å². The van der Waals surface area contributed by atoms with Crippen molar-refractivity contribution in [3.8, 4) is 0 Å². The van der Waals surface area contributed by atoms with Gasteiger partial charge in [-0.3, -0.25) is 4.79 Å². The number of hydrogen-bond donors (Lipinski definition) is 1. The van der Waals surface area contributed by atoms with Gasteiger partial charge in [0.25, 0.3) is 5.91 Å². The Hall–Kier alpha value is -1.20. The fourth-order valence-corrected chi connectivity index (χ4v) is 1.42. The molecule has 5 nitrogen and oxygen atoms in total. The summed E-state index contributed by atoms with van der Waals surface area (Å²) >= 11 is 5.60. The molecule has 100 valence electrons. The van der Waals surface area contributed by atoms with Gasteiger partial charge in [-0.25, -0.2) is 0 Å². The number of amides is 1. The maximum absolute atomic E-state index is 11.7. The van der Waals surface area contributed by atoms with Crippen molar-refractivity contribution in [3.63, 3.8) is 0 Å². The van der Waals surface area contributed by atoms with E-state index in [4.69, 9.17) is 11.6 Å². The van der Waals surface area contributed by atoms with Gasteiger partial charge in [-0.2, -0.15) is 0 Å². The van der Waals surface area contributed by atoms with Gasteiger partial charge in [0, 0.05) is 12.6 Å². The van der Waals surface area contributed by atoms with Crippen LogP contribution in [0.2, 0.25) is 5.15 Å². The lowest BCUT2D eigenvalue weighted by atomic mass is 10.3. The average molecular weight is 271 g/mol. The standard InChI is InChI=1S/C12H19ClN4O/c1-9(2)17(3)8-4-7-14-12(18)10-5-6-11(13)16-15-10/h5-6,9H,4,7-8H2,1-3H3,(H,14,18). The zero-order chi connectivity index (χ0) is 13.5. The maximum atomic E-state index is 11.7. The minimum atomic E-state index is -0.216. The van der Waals surface area contributed by atoms with Crippen LogP contribution in [0, 0.1) is 0 Å². The highest BCUT2D eigenvalue weighted by Crippen LogP contribution is 2.02. The fourth-order valence-electron chi connectivity index (χ4n) is 1.32. The van der Waals surface area contributed by atoms with E-state index >= 15 is 0 Å². The highest BCUT2D eigenvalue weighted by Gasteiger charge is 2.07. The molecule has 0 atom stereocenters. The molecule has 0 aliphatic rings. The number of rotatable bonds is 6. The van der Waals surface area contributed by atoms with Crippen LogP contribution >= 0.6 is 11.6 Å². The molecule has 0 fully saturated rings. The summed E-state index contributed by atoms with van der Waals surface area (Å²) < 4.78 is 0. The van der Waals surface area contributed by atoms with Gasteiger partial charge in [0.05, 0.1) is 0 Å². The minimum absolute atomic E-state index is 0.216. The van der Waals surface area contributed by atoms with Gasteiger partial charge in [0.15, 0.2) is 10.8 Å². The van der Waals surface area contributed by atoms with Crippen molar-refractivity contribution in [3.05, 3.63) is 23.0 Å². The first-order valence-electron chi connectivity index (χ1n) is 5.98. The van der Waals surface area contributed by atoms with E-state index in [1.165, 1.54) is 0 Å². The number of carbonyl (C=O) groups excluding carboxylic acids is 1. The van der Waals surface area contributed by atoms with E-state index < -0.39 is 0 Å². The maximum Gasteiger partial charge on any atom is 0.271 e. The van der Waals surface area contributed by atoms with Crippen molar-refractivity contribution in [1.29, 1.82) is 0 Å². The van der Waals surface area contributed by atoms with E-state index in [-0.39, 0.29) is 16.8 Å². The molecule has 1 aromatic rings. The van der Waals surface area contributed by atoms with Crippen LogP contribution in [0.15, 0.2) is 12.1 Å². The van der Waals surface area contributed by atoms with Crippen LogP contribution in [0.3, 0.4) is 0 Å². The molecule has 0 bridgehead atoms. The summed E-state index contributed by atoms with van der Waals surface area (Å²) in [5.41, 5.74) is 0.289. The summed E-state index contributed by atoms with van der Waals surface area (Å²) in [6, 6.07) is 3.63. The summed E-state index contributed by atoms with van der Waals surface area (Å²) in [6.45, 7) is 5.86. The summed E-state index contributed by atoms with van der Waals surface area (Å²) in [5, 5.41) is 10.4. The van der Waals surface area contributed by atoms with Crippen molar-refractivity contribution in [2.45, 2.75) is 26.3 Å². The van der Waals surface area contributed by atoms with Crippen LogP contribution in [0.1, 0.15) is 30.8 Å². The number of nitrogens with zero attached hydrogens (tertiary/aromatic N) is 3. The molecule has 0 spiro atoms. The Bertz CT molecular complexity index is 380. The lowest BCUT2D eigenvalue weighted by molar-refractivity contribution is 0.0945. The number of aromatic nitrogens is 2. The number of carbonyl (C=O) groups is 1. The van der Waals surface area contributed by atoms with E-state index in [2.05, 4.69) is 41.3 Å². The van der Waals surface area contributed by atoms with Crippen LogP contribution in [0.4, 0.5) is 0 Å². The fraction of sp³-hybridized carbons (Fsp3) is 0.583. The Morgan fingerprint density at radius 3 is 2.72 bits per heavy atom. The molecule has 18 heavy (non-hydrogen) atoms.